The first-order valence-electron chi connectivity index (χ1n) is 10.2. The van der Waals surface area contributed by atoms with Crippen LogP contribution < -0.4 is 10.5 Å². The third kappa shape index (κ3) is 5.09. The molecule has 0 spiro atoms. The zero-order valence-corrected chi connectivity index (χ0v) is 18.3. The summed E-state index contributed by atoms with van der Waals surface area (Å²) in [7, 11) is 0. The molecule has 2 aromatic carbocycles. The Labute approximate surface area is 192 Å². The van der Waals surface area contributed by atoms with Crippen molar-refractivity contribution in [1.82, 2.24) is 5.01 Å². The Kier molecular flexibility index (Phi) is 7.50. The van der Waals surface area contributed by atoms with E-state index in [1.807, 2.05) is 17.1 Å². The fraction of sp³-hybridized carbons (Fsp3) is 0.348. The maximum Gasteiger partial charge on any atom is 0.303 e. The van der Waals surface area contributed by atoms with Crippen LogP contribution in [-0.4, -0.2) is 60.1 Å². The molecule has 0 radical (unpaired) electrons. The summed E-state index contributed by atoms with van der Waals surface area (Å²) in [5.74, 6) is -1.64. The number of hydrogen-bond donors (Lipinski definition) is 2. The number of Topliss-reactive ketones (excluding diaryl/α,β-unsaturated/α-hetero) is 1. The van der Waals surface area contributed by atoms with E-state index in [1.54, 1.807) is 42.6 Å². The van der Waals surface area contributed by atoms with Crippen molar-refractivity contribution in [2.75, 3.05) is 26.3 Å². The van der Waals surface area contributed by atoms with Crippen molar-refractivity contribution in [1.29, 1.82) is 0 Å². The molecular weight excluding hydrogens is 434 g/mol. The molecule has 0 aromatic heterocycles. The predicted octanol–water partition coefficient (Wildman–Crippen LogP) is 2.34. The number of morpholine rings is 1. The number of carboxylic acids is 1. The van der Waals surface area contributed by atoms with E-state index in [-0.39, 0.29) is 18.8 Å². The number of carbonyl (C=O) groups excluding carboxylic acids is 1. The van der Waals surface area contributed by atoms with Crippen LogP contribution in [0.4, 0.5) is 0 Å². The molecular formula is C23H26ClN3O5. The Morgan fingerprint density at radius 2 is 1.84 bits per heavy atom. The average Bonchev–Trinajstić information content (AvgIpc) is 2.78. The van der Waals surface area contributed by atoms with Crippen LogP contribution in [0.3, 0.4) is 0 Å². The lowest BCUT2D eigenvalue weighted by Gasteiger charge is -2.40. The second kappa shape index (κ2) is 10.1. The van der Waals surface area contributed by atoms with Crippen LogP contribution in [0, 0.1) is 5.92 Å². The van der Waals surface area contributed by atoms with Gasteiger partial charge in [0.25, 0.3) is 0 Å². The van der Waals surface area contributed by atoms with E-state index < -0.39 is 23.4 Å². The lowest BCUT2D eigenvalue weighted by molar-refractivity contribution is -0.140. The van der Waals surface area contributed by atoms with E-state index in [1.165, 1.54) is 0 Å². The van der Waals surface area contributed by atoms with Crippen LogP contribution in [0.2, 0.25) is 0 Å². The van der Waals surface area contributed by atoms with Gasteiger partial charge in [-0.3, -0.25) is 20.3 Å². The van der Waals surface area contributed by atoms with E-state index in [0.29, 0.717) is 30.9 Å². The van der Waals surface area contributed by atoms with Crippen molar-refractivity contribution < 1.29 is 24.2 Å². The molecule has 0 bridgehead atoms. The van der Waals surface area contributed by atoms with Gasteiger partial charge in [0.15, 0.2) is 0 Å². The Morgan fingerprint density at radius 3 is 2.53 bits per heavy atom. The summed E-state index contributed by atoms with van der Waals surface area (Å²) in [5, 5.41) is 15.7. The van der Waals surface area contributed by atoms with E-state index in [0.717, 1.165) is 24.2 Å². The number of carbonyl (C=O) groups is 2. The van der Waals surface area contributed by atoms with Crippen LogP contribution in [0.15, 0.2) is 53.6 Å². The minimum Gasteiger partial charge on any atom is -0.481 e. The van der Waals surface area contributed by atoms with Gasteiger partial charge in [-0.15, -0.1) is 12.4 Å². The summed E-state index contributed by atoms with van der Waals surface area (Å²) in [6.45, 7) is 2.80. The lowest BCUT2D eigenvalue weighted by atomic mass is 9.80. The molecule has 0 amide bonds. The maximum absolute atomic E-state index is 13.3. The first-order valence-corrected chi connectivity index (χ1v) is 10.2. The van der Waals surface area contributed by atoms with Crippen LogP contribution in [-0.2, 0) is 16.0 Å². The Morgan fingerprint density at radius 1 is 1.16 bits per heavy atom. The Bertz CT molecular complexity index is 991. The molecule has 9 heteroatoms. The molecule has 2 unspecified atom stereocenters. The quantitative estimate of drug-likeness (QED) is 0.503. The summed E-state index contributed by atoms with van der Waals surface area (Å²) >= 11 is 0. The number of ether oxygens (including phenoxy) is 2. The number of nitrogens with zero attached hydrogens (tertiary/aromatic N) is 2. The van der Waals surface area contributed by atoms with Gasteiger partial charge in [-0.1, -0.05) is 42.5 Å². The fourth-order valence-corrected chi connectivity index (χ4v) is 3.88. The molecule has 4 rings (SSSR count). The second-order valence-corrected chi connectivity index (χ2v) is 7.76. The van der Waals surface area contributed by atoms with Gasteiger partial charge in [-0.25, -0.2) is 0 Å². The number of benzene rings is 2. The number of para-hydroxylation sites is 1. The monoisotopic (exact) mass is 459 g/mol. The van der Waals surface area contributed by atoms with Crippen molar-refractivity contribution in [3.63, 3.8) is 0 Å². The topological polar surface area (TPSA) is 114 Å². The third-order valence-corrected chi connectivity index (χ3v) is 5.63. The molecule has 0 saturated carbocycles. The van der Waals surface area contributed by atoms with Gasteiger partial charge in [-0.05, 0) is 23.6 Å². The zero-order valence-electron chi connectivity index (χ0n) is 17.5. The van der Waals surface area contributed by atoms with Crippen molar-refractivity contribution >= 4 is 30.4 Å². The van der Waals surface area contributed by atoms with E-state index in [9.17, 15) is 14.7 Å². The summed E-state index contributed by atoms with van der Waals surface area (Å²) in [6, 6.07) is 14.1. The van der Waals surface area contributed by atoms with Crippen LogP contribution in [0.1, 0.15) is 27.9 Å². The molecule has 2 aliphatic heterocycles. The number of hydrazone groups is 1. The number of carboxylic acid groups (broad SMARTS) is 1. The normalized spacial score (nSPS) is 22.5. The minimum atomic E-state index is -1.75. The van der Waals surface area contributed by atoms with Crippen LogP contribution in [0.5, 0.6) is 5.75 Å². The van der Waals surface area contributed by atoms with E-state index >= 15 is 0 Å². The highest BCUT2D eigenvalue weighted by molar-refractivity contribution is 6.03. The van der Waals surface area contributed by atoms with E-state index in [4.69, 9.17) is 15.2 Å². The largest absolute Gasteiger partial charge is 0.481 e. The number of rotatable bonds is 6. The molecule has 1 fully saturated rings. The molecule has 8 nitrogen and oxygen atoms in total. The molecule has 2 aliphatic rings. The maximum atomic E-state index is 13.3. The number of halogens is 1. The van der Waals surface area contributed by atoms with Crippen LogP contribution in [0.25, 0.3) is 0 Å². The highest BCUT2D eigenvalue weighted by Gasteiger charge is 2.48. The minimum absolute atomic E-state index is 0. The Balaban J connectivity index is 0.00000289. The summed E-state index contributed by atoms with van der Waals surface area (Å²) in [6.07, 6.45) is 1.83. The first kappa shape index (κ1) is 23.7. The Hall–Kier alpha value is -2.94. The van der Waals surface area contributed by atoms with Gasteiger partial charge in [0.1, 0.15) is 5.75 Å². The fourth-order valence-electron chi connectivity index (χ4n) is 3.88. The van der Waals surface area contributed by atoms with Crippen molar-refractivity contribution in [3.8, 4) is 5.75 Å². The molecule has 1 saturated heterocycles. The van der Waals surface area contributed by atoms with Gasteiger partial charge in [0.2, 0.25) is 11.5 Å². The van der Waals surface area contributed by atoms with Crippen molar-refractivity contribution in [3.05, 3.63) is 65.2 Å². The summed E-state index contributed by atoms with van der Waals surface area (Å²) in [5.41, 5.74) is 6.75. The van der Waals surface area contributed by atoms with E-state index in [2.05, 4.69) is 5.10 Å². The van der Waals surface area contributed by atoms with Crippen LogP contribution >= 0.6 is 12.4 Å². The highest BCUT2D eigenvalue weighted by Crippen LogP contribution is 2.38. The molecule has 2 atom stereocenters. The van der Waals surface area contributed by atoms with Gasteiger partial charge >= 0.3 is 5.97 Å². The standard InChI is InChI=1S/C23H25N3O5.ClH/c24-23(19(14-21(27)28)13-18-3-1-2-4-20(18)31-23)22(29)17-7-5-16(6-8-17)15-25-26-9-11-30-12-10-26;/h1-8,15,19H,9-14,24H2,(H,27,28);1H. The number of aliphatic carboxylic acids is 1. The van der Waals surface area contributed by atoms with Gasteiger partial charge in [0, 0.05) is 11.5 Å². The third-order valence-electron chi connectivity index (χ3n) is 5.63. The van der Waals surface area contributed by atoms with Gasteiger partial charge in [-0.2, -0.15) is 5.10 Å². The van der Waals surface area contributed by atoms with Gasteiger partial charge in [0.05, 0.1) is 38.9 Å². The highest BCUT2D eigenvalue weighted by atomic mass is 35.5. The SMILES string of the molecule is Cl.NC1(C(=O)c2ccc(C=NN3CCOCC3)cc2)Oc2ccccc2CC1CC(=O)O. The number of hydrogen-bond acceptors (Lipinski definition) is 7. The molecule has 2 aromatic rings. The number of ketones is 1. The lowest BCUT2D eigenvalue weighted by Crippen LogP contribution is -2.61. The molecule has 2 heterocycles. The van der Waals surface area contributed by atoms with Crippen molar-refractivity contribution in [2.24, 2.45) is 16.8 Å². The first-order chi connectivity index (χ1) is 15.0. The number of nitrogens with two attached hydrogens (primary N) is 1. The van der Waals surface area contributed by atoms with Crippen molar-refractivity contribution in [2.45, 2.75) is 18.6 Å². The molecule has 170 valence electrons. The average molecular weight is 460 g/mol. The molecule has 32 heavy (non-hydrogen) atoms. The predicted molar refractivity (Wildman–Crippen MR) is 121 cm³/mol. The molecule has 0 aliphatic carbocycles. The summed E-state index contributed by atoms with van der Waals surface area (Å²) < 4.78 is 11.2. The second-order valence-electron chi connectivity index (χ2n) is 7.76. The zero-order chi connectivity index (χ0) is 21.8. The summed E-state index contributed by atoms with van der Waals surface area (Å²) in [4.78, 5) is 24.8. The molecule has 3 N–H and O–H groups in total. The smallest absolute Gasteiger partial charge is 0.303 e. The van der Waals surface area contributed by atoms with Gasteiger partial charge < -0.3 is 14.6 Å². The number of fused-ring (bicyclic) bond motifs is 1.